The minimum absolute atomic E-state index is 0.745. The zero-order valence-electron chi connectivity index (χ0n) is 13.0. The summed E-state index contributed by atoms with van der Waals surface area (Å²) >= 11 is 6.19. The molecule has 0 aliphatic carbocycles. The lowest BCUT2D eigenvalue weighted by Gasteiger charge is -2.08. The van der Waals surface area contributed by atoms with E-state index in [4.69, 9.17) is 11.6 Å². The monoisotopic (exact) mass is 318 g/mol. The van der Waals surface area contributed by atoms with Crippen LogP contribution >= 0.6 is 11.6 Å². The number of rotatable bonds is 5. The van der Waals surface area contributed by atoms with E-state index in [0.717, 1.165) is 47.3 Å². The van der Waals surface area contributed by atoms with Gasteiger partial charge in [0.2, 0.25) is 0 Å². The van der Waals surface area contributed by atoms with Gasteiger partial charge in [0.1, 0.15) is 0 Å². The van der Waals surface area contributed by atoms with E-state index in [-0.39, 0.29) is 0 Å². The molecule has 0 amide bonds. The maximum Gasteiger partial charge on any atom is 0.0951 e. The maximum absolute atomic E-state index is 6.19. The van der Waals surface area contributed by atoms with Crippen molar-refractivity contribution in [2.24, 2.45) is 0 Å². The van der Waals surface area contributed by atoms with Gasteiger partial charge in [0.15, 0.2) is 0 Å². The van der Waals surface area contributed by atoms with Crippen LogP contribution in [0.3, 0.4) is 0 Å². The molecule has 3 rings (SSSR count). The SMILES string of the molecule is CCn1cc(-c2cncn2CCn2nc(C)c(Cl)c2C)cn1. The van der Waals surface area contributed by atoms with Gasteiger partial charge in [-0.3, -0.25) is 9.36 Å². The summed E-state index contributed by atoms with van der Waals surface area (Å²) in [6, 6.07) is 0. The van der Waals surface area contributed by atoms with E-state index in [1.54, 1.807) is 0 Å². The van der Waals surface area contributed by atoms with E-state index >= 15 is 0 Å². The Morgan fingerprint density at radius 2 is 2.00 bits per heavy atom. The zero-order chi connectivity index (χ0) is 15.7. The summed E-state index contributed by atoms with van der Waals surface area (Å²) in [6.45, 7) is 8.38. The van der Waals surface area contributed by atoms with E-state index in [1.807, 2.05) is 48.1 Å². The van der Waals surface area contributed by atoms with Gasteiger partial charge in [0.25, 0.3) is 0 Å². The van der Waals surface area contributed by atoms with Crippen LogP contribution < -0.4 is 0 Å². The summed E-state index contributed by atoms with van der Waals surface area (Å²) in [5.41, 5.74) is 4.01. The number of imidazole rings is 1. The van der Waals surface area contributed by atoms with Crippen molar-refractivity contribution in [1.82, 2.24) is 29.1 Å². The van der Waals surface area contributed by atoms with Crippen molar-refractivity contribution in [1.29, 1.82) is 0 Å². The fourth-order valence-electron chi connectivity index (χ4n) is 2.50. The van der Waals surface area contributed by atoms with Crippen LogP contribution in [0.2, 0.25) is 5.02 Å². The lowest BCUT2D eigenvalue weighted by atomic mass is 10.3. The molecule has 0 aliphatic rings. The van der Waals surface area contributed by atoms with Gasteiger partial charge >= 0.3 is 0 Å². The van der Waals surface area contributed by atoms with Crippen LogP contribution in [0, 0.1) is 13.8 Å². The quantitative estimate of drug-likeness (QED) is 0.727. The highest BCUT2D eigenvalue weighted by molar-refractivity contribution is 6.31. The summed E-state index contributed by atoms with van der Waals surface area (Å²) in [4.78, 5) is 4.26. The van der Waals surface area contributed by atoms with Gasteiger partial charge in [0, 0.05) is 24.8 Å². The summed E-state index contributed by atoms with van der Waals surface area (Å²) in [5.74, 6) is 0. The molecule has 0 aliphatic heterocycles. The topological polar surface area (TPSA) is 53.5 Å². The number of halogens is 1. The molecule has 0 spiro atoms. The van der Waals surface area contributed by atoms with E-state index in [2.05, 4.69) is 26.7 Å². The molecule has 0 aromatic carbocycles. The Kier molecular flexibility index (Phi) is 4.02. The molecule has 7 heteroatoms. The van der Waals surface area contributed by atoms with Crippen molar-refractivity contribution in [2.45, 2.75) is 40.4 Å². The van der Waals surface area contributed by atoms with Crippen LogP contribution in [0.5, 0.6) is 0 Å². The van der Waals surface area contributed by atoms with Crippen molar-refractivity contribution >= 4 is 11.6 Å². The summed E-state index contributed by atoms with van der Waals surface area (Å²) in [6.07, 6.45) is 7.61. The third kappa shape index (κ3) is 2.66. The molecule has 0 saturated heterocycles. The highest BCUT2D eigenvalue weighted by Gasteiger charge is 2.11. The Bertz CT molecular complexity index is 782. The Balaban J connectivity index is 1.79. The maximum atomic E-state index is 6.19. The van der Waals surface area contributed by atoms with E-state index < -0.39 is 0 Å². The van der Waals surface area contributed by atoms with Gasteiger partial charge in [-0.2, -0.15) is 10.2 Å². The predicted molar refractivity (Wildman–Crippen MR) is 85.8 cm³/mol. The molecule has 0 bridgehead atoms. The molecular formula is C15H19ClN6. The van der Waals surface area contributed by atoms with E-state index in [0.29, 0.717) is 0 Å². The average Bonchev–Trinajstić information content (AvgIpc) is 3.21. The first-order valence-corrected chi connectivity index (χ1v) is 7.70. The van der Waals surface area contributed by atoms with Crippen LogP contribution in [0.1, 0.15) is 18.3 Å². The van der Waals surface area contributed by atoms with Crippen molar-refractivity contribution < 1.29 is 0 Å². The molecular weight excluding hydrogens is 300 g/mol. The molecule has 3 aromatic rings. The Hall–Kier alpha value is -2.08. The standard InChI is InChI=1S/C15H19ClN6/c1-4-21-9-13(7-18-21)14-8-17-10-20(14)5-6-22-12(3)15(16)11(2)19-22/h7-10H,4-6H2,1-3H3. The lowest BCUT2D eigenvalue weighted by molar-refractivity contribution is 0.523. The smallest absolute Gasteiger partial charge is 0.0951 e. The number of hydrogen-bond acceptors (Lipinski definition) is 3. The second kappa shape index (κ2) is 5.96. The number of nitrogens with zero attached hydrogens (tertiary/aromatic N) is 6. The van der Waals surface area contributed by atoms with Crippen LogP contribution in [0.4, 0.5) is 0 Å². The molecule has 0 atom stereocenters. The number of hydrogen-bond donors (Lipinski definition) is 0. The van der Waals surface area contributed by atoms with E-state index in [1.165, 1.54) is 0 Å². The second-order valence-electron chi connectivity index (χ2n) is 5.26. The minimum Gasteiger partial charge on any atom is -0.329 e. The fraction of sp³-hybridized carbons (Fsp3) is 0.400. The van der Waals surface area contributed by atoms with Gasteiger partial charge in [-0.05, 0) is 20.8 Å². The summed E-state index contributed by atoms with van der Waals surface area (Å²) in [5, 5.41) is 9.53. The second-order valence-corrected chi connectivity index (χ2v) is 5.64. The van der Waals surface area contributed by atoms with Crippen LogP contribution in [-0.2, 0) is 19.6 Å². The largest absolute Gasteiger partial charge is 0.329 e. The van der Waals surface area contributed by atoms with Crippen molar-refractivity contribution in [3.8, 4) is 11.3 Å². The molecule has 0 fully saturated rings. The Labute approximate surface area is 134 Å². The third-order valence-corrected chi connectivity index (χ3v) is 4.36. The molecule has 0 unspecified atom stereocenters. The molecule has 0 radical (unpaired) electrons. The fourth-order valence-corrected chi connectivity index (χ4v) is 2.64. The van der Waals surface area contributed by atoms with Gasteiger partial charge < -0.3 is 4.57 Å². The van der Waals surface area contributed by atoms with Gasteiger partial charge in [0.05, 0.1) is 47.4 Å². The molecule has 6 nitrogen and oxygen atoms in total. The Morgan fingerprint density at radius 1 is 1.18 bits per heavy atom. The van der Waals surface area contributed by atoms with Crippen LogP contribution in [0.25, 0.3) is 11.3 Å². The minimum atomic E-state index is 0.745. The molecule has 3 heterocycles. The first-order chi connectivity index (χ1) is 10.6. The third-order valence-electron chi connectivity index (χ3n) is 3.81. The van der Waals surface area contributed by atoms with Crippen molar-refractivity contribution in [3.05, 3.63) is 41.3 Å². The normalized spacial score (nSPS) is 11.3. The number of aromatic nitrogens is 6. The molecule has 22 heavy (non-hydrogen) atoms. The molecule has 0 N–H and O–H groups in total. The van der Waals surface area contributed by atoms with Gasteiger partial charge in [-0.1, -0.05) is 11.6 Å². The highest BCUT2D eigenvalue weighted by Crippen LogP contribution is 2.20. The van der Waals surface area contributed by atoms with Crippen LogP contribution in [0.15, 0.2) is 24.9 Å². The zero-order valence-corrected chi connectivity index (χ0v) is 13.7. The molecule has 116 valence electrons. The first kappa shape index (κ1) is 14.8. The summed E-state index contributed by atoms with van der Waals surface area (Å²) < 4.78 is 5.96. The number of aryl methyl sites for hydroxylation is 4. The van der Waals surface area contributed by atoms with Gasteiger partial charge in [-0.25, -0.2) is 4.98 Å². The van der Waals surface area contributed by atoms with Crippen molar-refractivity contribution in [2.75, 3.05) is 0 Å². The first-order valence-electron chi connectivity index (χ1n) is 7.32. The van der Waals surface area contributed by atoms with Crippen LogP contribution in [-0.4, -0.2) is 29.1 Å². The highest BCUT2D eigenvalue weighted by atomic mass is 35.5. The average molecular weight is 319 g/mol. The Morgan fingerprint density at radius 3 is 2.64 bits per heavy atom. The predicted octanol–water partition coefficient (Wildman–Crippen LogP) is 2.93. The lowest BCUT2D eigenvalue weighted by Crippen LogP contribution is -2.10. The van der Waals surface area contributed by atoms with E-state index in [9.17, 15) is 0 Å². The van der Waals surface area contributed by atoms with Gasteiger partial charge in [-0.15, -0.1) is 0 Å². The molecule has 0 saturated carbocycles. The molecule has 3 aromatic heterocycles. The van der Waals surface area contributed by atoms with Crippen molar-refractivity contribution in [3.63, 3.8) is 0 Å². The summed E-state index contributed by atoms with van der Waals surface area (Å²) in [7, 11) is 0.